The number of hydrogen-bond donors (Lipinski definition) is 0. The fourth-order valence-corrected chi connectivity index (χ4v) is 4.88. The van der Waals surface area contributed by atoms with Crippen LogP contribution in [0.1, 0.15) is 40.9 Å². The normalized spacial score (nSPS) is 17.0. The molecule has 1 saturated heterocycles. The van der Waals surface area contributed by atoms with Crippen molar-refractivity contribution in [3.63, 3.8) is 0 Å². The molecule has 0 amide bonds. The maximum absolute atomic E-state index is 13.0. The first-order chi connectivity index (χ1) is 16.6. The SMILES string of the molecule is COC(=O)c1c(OCCN2CCCCC2)cc(=O)n2c1CCN(Cc1cccc(OC)c1)CC2. The van der Waals surface area contributed by atoms with Gasteiger partial charge in [-0.15, -0.1) is 0 Å². The fourth-order valence-electron chi connectivity index (χ4n) is 4.88. The Labute approximate surface area is 201 Å². The lowest BCUT2D eigenvalue weighted by atomic mass is 10.1. The Hall–Kier alpha value is -2.84. The van der Waals surface area contributed by atoms with Crippen molar-refractivity contribution in [2.24, 2.45) is 0 Å². The van der Waals surface area contributed by atoms with Crippen LogP contribution < -0.4 is 15.0 Å². The number of rotatable bonds is 8. The van der Waals surface area contributed by atoms with Crippen LogP contribution in [0.15, 0.2) is 35.1 Å². The molecule has 3 heterocycles. The second-order valence-corrected chi connectivity index (χ2v) is 8.94. The lowest BCUT2D eigenvalue weighted by Gasteiger charge is -2.26. The average Bonchev–Trinajstić information content (AvgIpc) is 3.07. The lowest BCUT2D eigenvalue weighted by Crippen LogP contribution is -2.34. The smallest absolute Gasteiger partial charge is 0.343 e. The summed E-state index contributed by atoms with van der Waals surface area (Å²) in [6.07, 6.45) is 4.26. The molecule has 0 unspecified atom stereocenters. The summed E-state index contributed by atoms with van der Waals surface area (Å²) in [6, 6.07) is 9.45. The first kappa shape index (κ1) is 24.3. The van der Waals surface area contributed by atoms with Crippen LogP contribution in [0.2, 0.25) is 0 Å². The highest BCUT2D eigenvalue weighted by Crippen LogP contribution is 2.25. The Morgan fingerprint density at radius 2 is 1.79 bits per heavy atom. The Morgan fingerprint density at radius 1 is 0.971 bits per heavy atom. The fraction of sp³-hybridized carbons (Fsp3) is 0.538. The Kier molecular flexibility index (Phi) is 8.24. The van der Waals surface area contributed by atoms with Crippen molar-refractivity contribution in [1.82, 2.24) is 14.4 Å². The van der Waals surface area contributed by atoms with Gasteiger partial charge in [-0.1, -0.05) is 18.6 Å². The second-order valence-electron chi connectivity index (χ2n) is 8.94. The summed E-state index contributed by atoms with van der Waals surface area (Å²) in [6.45, 7) is 6.05. The van der Waals surface area contributed by atoms with Crippen LogP contribution in [0.4, 0.5) is 0 Å². The first-order valence-corrected chi connectivity index (χ1v) is 12.1. The van der Waals surface area contributed by atoms with Gasteiger partial charge in [-0.3, -0.25) is 14.6 Å². The molecule has 8 heteroatoms. The molecule has 1 fully saturated rings. The van der Waals surface area contributed by atoms with Crippen molar-refractivity contribution in [1.29, 1.82) is 0 Å². The maximum atomic E-state index is 13.0. The minimum absolute atomic E-state index is 0.140. The highest BCUT2D eigenvalue weighted by molar-refractivity contribution is 5.93. The summed E-state index contributed by atoms with van der Waals surface area (Å²) < 4.78 is 18.2. The van der Waals surface area contributed by atoms with Gasteiger partial charge in [-0.05, 0) is 43.6 Å². The predicted octanol–water partition coefficient (Wildman–Crippen LogP) is 2.57. The number of fused-ring (bicyclic) bond motifs is 1. The predicted molar refractivity (Wildman–Crippen MR) is 130 cm³/mol. The van der Waals surface area contributed by atoms with Crippen molar-refractivity contribution in [3.8, 4) is 11.5 Å². The largest absolute Gasteiger partial charge is 0.497 e. The number of aromatic nitrogens is 1. The van der Waals surface area contributed by atoms with Crippen LogP contribution in [0, 0.1) is 0 Å². The summed E-state index contributed by atoms with van der Waals surface area (Å²) in [4.78, 5) is 30.4. The molecule has 0 saturated carbocycles. The number of ether oxygens (including phenoxy) is 3. The van der Waals surface area contributed by atoms with E-state index in [0.29, 0.717) is 43.1 Å². The van der Waals surface area contributed by atoms with E-state index in [-0.39, 0.29) is 5.56 Å². The van der Waals surface area contributed by atoms with Crippen LogP contribution in [0.3, 0.4) is 0 Å². The molecule has 1 aromatic heterocycles. The van der Waals surface area contributed by atoms with Gasteiger partial charge >= 0.3 is 5.97 Å². The molecular weight excluding hydrogens is 434 g/mol. The molecule has 184 valence electrons. The third-order valence-electron chi connectivity index (χ3n) is 6.73. The zero-order chi connectivity index (χ0) is 23.9. The summed E-state index contributed by atoms with van der Waals surface area (Å²) >= 11 is 0. The number of carbonyl (C=O) groups is 1. The molecule has 0 atom stereocenters. The number of piperidine rings is 1. The standard InChI is InChI=1S/C26H35N3O5/c1-32-21-8-6-7-20(17-21)19-28-12-9-22-25(26(31)33-2)23(18-24(30)29(22)14-13-28)34-16-15-27-10-4-3-5-11-27/h6-8,17-18H,3-5,9-16,19H2,1-2H3. The molecule has 34 heavy (non-hydrogen) atoms. The quantitative estimate of drug-likeness (QED) is 0.550. The van der Waals surface area contributed by atoms with Crippen LogP contribution in [-0.2, 0) is 24.2 Å². The van der Waals surface area contributed by atoms with Gasteiger partial charge in [-0.25, -0.2) is 4.79 Å². The second kappa shape index (κ2) is 11.5. The monoisotopic (exact) mass is 469 g/mol. The van der Waals surface area contributed by atoms with E-state index in [9.17, 15) is 9.59 Å². The molecule has 2 aliphatic heterocycles. The van der Waals surface area contributed by atoms with Gasteiger partial charge in [0.1, 0.15) is 23.7 Å². The molecule has 4 rings (SSSR count). The van der Waals surface area contributed by atoms with E-state index in [4.69, 9.17) is 14.2 Å². The number of benzene rings is 1. The van der Waals surface area contributed by atoms with Crippen LogP contribution in [0.25, 0.3) is 0 Å². The van der Waals surface area contributed by atoms with E-state index in [1.165, 1.54) is 32.4 Å². The molecule has 2 aliphatic rings. The molecule has 0 aliphatic carbocycles. The van der Waals surface area contributed by atoms with Gasteiger partial charge < -0.3 is 18.8 Å². The highest BCUT2D eigenvalue weighted by atomic mass is 16.5. The van der Waals surface area contributed by atoms with E-state index in [2.05, 4.69) is 15.9 Å². The van der Waals surface area contributed by atoms with Crippen molar-refractivity contribution >= 4 is 5.97 Å². The van der Waals surface area contributed by atoms with E-state index < -0.39 is 5.97 Å². The Bertz CT molecular complexity index is 1050. The zero-order valence-corrected chi connectivity index (χ0v) is 20.3. The number of hydrogen-bond acceptors (Lipinski definition) is 7. The molecule has 0 bridgehead atoms. The third kappa shape index (κ3) is 5.80. The number of likely N-dealkylation sites (tertiary alicyclic amines) is 1. The highest BCUT2D eigenvalue weighted by Gasteiger charge is 2.26. The van der Waals surface area contributed by atoms with Crippen molar-refractivity contribution in [3.05, 3.63) is 57.5 Å². The van der Waals surface area contributed by atoms with Gasteiger partial charge in [0.15, 0.2) is 0 Å². The van der Waals surface area contributed by atoms with Crippen molar-refractivity contribution in [2.45, 2.75) is 38.8 Å². The first-order valence-electron chi connectivity index (χ1n) is 12.1. The van der Waals surface area contributed by atoms with Crippen molar-refractivity contribution < 1.29 is 19.0 Å². The van der Waals surface area contributed by atoms with Gasteiger partial charge in [-0.2, -0.15) is 0 Å². The van der Waals surface area contributed by atoms with Gasteiger partial charge in [0.25, 0.3) is 5.56 Å². The summed E-state index contributed by atoms with van der Waals surface area (Å²) in [7, 11) is 3.03. The third-order valence-corrected chi connectivity index (χ3v) is 6.73. The molecule has 8 nitrogen and oxygen atoms in total. The zero-order valence-electron chi connectivity index (χ0n) is 20.3. The van der Waals surface area contributed by atoms with E-state index in [1.807, 2.05) is 18.2 Å². The number of nitrogens with zero attached hydrogens (tertiary/aromatic N) is 3. The number of carbonyl (C=O) groups excluding carboxylic acids is 1. The minimum Gasteiger partial charge on any atom is -0.497 e. The van der Waals surface area contributed by atoms with E-state index in [0.717, 1.165) is 44.0 Å². The summed E-state index contributed by atoms with van der Waals surface area (Å²) in [5, 5.41) is 0. The lowest BCUT2D eigenvalue weighted by molar-refractivity contribution is 0.0592. The topological polar surface area (TPSA) is 73.2 Å². The van der Waals surface area contributed by atoms with E-state index >= 15 is 0 Å². The van der Waals surface area contributed by atoms with Crippen LogP contribution >= 0.6 is 0 Å². The van der Waals surface area contributed by atoms with E-state index in [1.54, 1.807) is 11.7 Å². The summed E-state index contributed by atoms with van der Waals surface area (Å²) in [5.41, 5.74) is 2.08. The number of methoxy groups -OCH3 is 2. The van der Waals surface area contributed by atoms with Crippen LogP contribution in [-0.4, -0.2) is 73.9 Å². The molecule has 2 aromatic rings. The van der Waals surface area contributed by atoms with Crippen LogP contribution in [0.5, 0.6) is 11.5 Å². The Morgan fingerprint density at radius 3 is 2.56 bits per heavy atom. The average molecular weight is 470 g/mol. The van der Waals surface area contributed by atoms with Gasteiger partial charge in [0, 0.05) is 50.9 Å². The Balaban J connectivity index is 1.51. The number of pyridine rings is 1. The molecular formula is C26H35N3O5. The van der Waals surface area contributed by atoms with Gasteiger partial charge in [0.05, 0.1) is 14.2 Å². The van der Waals surface area contributed by atoms with Gasteiger partial charge in [0.2, 0.25) is 0 Å². The molecule has 0 radical (unpaired) electrons. The molecule has 0 spiro atoms. The molecule has 1 aromatic carbocycles. The minimum atomic E-state index is -0.460. The number of esters is 1. The summed E-state index contributed by atoms with van der Waals surface area (Å²) in [5.74, 6) is 0.700. The molecule has 0 N–H and O–H groups in total. The maximum Gasteiger partial charge on any atom is 0.343 e. The van der Waals surface area contributed by atoms with Crippen molar-refractivity contribution in [2.75, 3.05) is 53.6 Å².